The van der Waals surface area contributed by atoms with Gasteiger partial charge in [0.05, 0.1) is 5.52 Å². The summed E-state index contributed by atoms with van der Waals surface area (Å²) < 4.78 is 5.37. The molecular weight excluding hydrogens is 264 g/mol. The molecule has 1 aromatic carbocycles. The molecule has 0 aliphatic carbocycles. The third-order valence-electron chi connectivity index (χ3n) is 3.07. The van der Waals surface area contributed by atoms with Crippen molar-refractivity contribution in [2.24, 2.45) is 5.73 Å². The van der Waals surface area contributed by atoms with Crippen molar-refractivity contribution < 1.29 is 9.53 Å². The average Bonchev–Trinajstić information content (AvgIpc) is 2.36. The molecule has 2 N–H and O–H groups in total. The molecule has 0 bridgehead atoms. The fraction of sp³-hybridized carbons (Fsp3) is 0.412. The predicted octanol–water partition coefficient (Wildman–Crippen LogP) is 2.84. The molecule has 0 spiro atoms. The molecule has 0 saturated heterocycles. The Kier molecular flexibility index (Phi) is 4.01. The van der Waals surface area contributed by atoms with Gasteiger partial charge in [-0.3, -0.25) is 9.78 Å². The van der Waals surface area contributed by atoms with Crippen LogP contribution in [0.2, 0.25) is 0 Å². The van der Waals surface area contributed by atoms with E-state index in [4.69, 9.17) is 10.5 Å². The van der Waals surface area contributed by atoms with Crippen LogP contribution >= 0.6 is 0 Å². The lowest BCUT2D eigenvalue weighted by molar-refractivity contribution is -0.161. The second-order valence-electron chi connectivity index (χ2n) is 6.59. The van der Waals surface area contributed by atoms with Crippen molar-refractivity contribution in [3.05, 3.63) is 42.1 Å². The summed E-state index contributed by atoms with van der Waals surface area (Å²) in [4.78, 5) is 16.7. The molecule has 4 heteroatoms. The molecule has 0 fully saturated rings. The molecule has 0 saturated carbocycles. The summed E-state index contributed by atoms with van der Waals surface area (Å²) in [5.74, 6) is -0.412. The second-order valence-corrected chi connectivity index (χ2v) is 6.59. The van der Waals surface area contributed by atoms with Crippen LogP contribution in [0.4, 0.5) is 0 Å². The highest BCUT2D eigenvalue weighted by atomic mass is 16.6. The van der Waals surface area contributed by atoms with Crippen LogP contribution < -0.4 is 5.73 Å². The highest BCUT2D eigenvalue weighted by molar-refractivity contribution is 5.81. The number of hydrogen-bond acceptors (Lipinski definition) is 4. The second kappa shape index (κ2) is 5.45. The number of ether oxygens (including phenoxy) is 1. The lowest BCUT2D eigenvalue weighted by Gasteiger charge is -2.28. The van der Waals surface area contributed by atoms with Crippen LogP contribution in [0.3, 0.4) is 0 Å². The Bertz CT molecular complexity index is 657. The third-order valence-corrected chi connectivity index (χ3v) is 3.07. The van der Waals surface area contributed by atoms with E-state index in [9.17, 15) is 4.79 Å². The van der Waals surface area contributed by atoms with Crippen molar-refractivity contribution in [1.29, 1.82) is 0 Å². The van der Waals surface area contributed by atoms with Gasteiger partial charge in [0, 0.05) is 17.5 Å². The zero-order valence-corrected chi connectivity index (χ0v) is 13.0. The zero-order chi connectivity index (χ0) is 15.7. The molecule has 112 valence electrons. The summed E-state index contributed by atoms with van der Waals surface area (Å²) in [5, 5.41) is 1.07. The van der Waals surface area contributed by atoms with Crippen LogP contribution in [0, 0.1) is 0 Å². The molecule has 1 heterocycles. The highest BCUT2D eigenvalue weighted by Crippen LogP contribution is 2.18. The molecule has 1 aromatic heterocycles. The number of carbonyl (C=O) groups is 1. The number of pyridine rings is 1. The van der Waals surface area contributed by atoms with E-state index in [0.717, 1.165) is 16.6 Å². The quantitative estimate of drug-likeness (QED) is 0.881. The number of para-hydroxylation sites is 1. The minimum absolute atomic E-state index is 0.340. The molecule has 1 unspecified atom stereocenters. The van der Waals surface area contributed by atoms with Gasteiger partial charge in [0.1, 0.15) is 11.1 Å². The van der Waals surface area contributed by atoms with Gasteiger partial charge in [-0.25, -0.2) is 0 Å². The molecule has 0 radical (unpaired) electrons. The number of aromatic nitrogens is 1. The Balaban J connectivity index is 2.19. The van der Waals surface area contributed by atoms with Crippen LogP contribution in [0.1, 0.15) is 33.4 Å². The predicted molar refractivity (Wildman–Crippen MR) is 83.9 cm³/mol. The van der Waals surface area contributed by atoms with E-state index in [1.807, 2.05) is 57.2 Å². The van der Waals surface area contributed by atoms with Gasteiger partial charge in [-0.2, -0.15) is 0 Å². The number of fused-ring (bicyclic) bond motifs is 1. The molecule has 2 aromatic rings. The van der Waals surface area contributed by atoms with E-state index in [1.165, 1.54) is 0 Å². The number of rotatable bonds is 3. The number of nitrogens with two attached hydrogens (primary N) is 1. The fourth-order valence-corrected chi connectivity index (χ4v) is 2.05. The van der Waals surface area contributed by atoms with Gasteiger partial charge in [0.15, 0.2) is 0 Å². The van der Waals surface area contributed by atoms with Crippen molar-refractivity contribution in [3.8, 4) is 0 Å². The number of benzene rings is 1. The molecule has 0 aliphatic heterocycles. The van der Waals surface area contributed by atoms with Crippen molar-refractivity contribution in [2.75, 3.05) is 0 Å². The SMILES string of the molecule is CC(C)(C)OC(=O)C(C)(N)Cc1ccc2ccccc2n1. The third kappa shape index (κ3) is 4.02. The maximum Gasteiger partial charge on any atom is 0.326 e. The maximum absolute atomic E-state index is 12.2. The summed E-state index contributed by atoms with van der Waals surface area (Å²) >= 11 is 0. The van der Waals surface area contributed by atoms with Gasteiger partial charge < -0.3 is 10.5 Å². The summed E-state index contributed by atoms with van der Waals surface area (Å²) in [7, 11) is 0. The topological polar surface area (TPSA) is 65.2 Å². The van der Waals surface area contributed by atoms with E-state index < -0.39 is 17.1 Å². The Labute approximate surface area is 125 Å². The molecule has 2 rings (SSSR count). The number of hydrogen-bond donors (Lipinski definition) is 1. The van der Waals surface area contributed by atoms with E-state index >= 15 is 0 Å². The smallest absolute Gasteiger partial charge is 0.326 e. The standard InChI is InChI=1S/C17H22N2O2/c1-16(2,3)21-15(20)17(4,18)11-13-10-9-12-7-5-6-8-14(12)19-13/h5-10H,11,18H2,1-4H3. The molecule has 4 nitrogen and oxygen atoms in total. The first-order valence-electron chi connectivity index (χ1n) is 7.04. The molecule has 0 aliphatic rings. The zero-order valence-electron chi connectivity index (χ0n) is 13.0. The van der Waals surface area contributed by atoms with Gasteiger partial charge in [0.25, 0.3) is 0 Å². The summed E-state index contributed by atoms with van der Waals surface area (Å²) in [6, 6.07) is 11.7. The van der Waals surface area contributed by atoms with E-state index in [1.54, 1.807) is 6.92 Å². The van der Waals surface area contributed by atoms with Crippen LogP contribution in [-0.2, 0) is 16.0 Å². The van der Waals surface area contributed by atoms with Crippen LogP contribution in [0.5, 0.6) is 0 Å². The largest absolute Gasteiger partial charge is 0.459 e. The van der Waals surface area contributed by atoms with Gasteiger partial charge in [-0.1, -0.05) is 24.3 Å². The summed E-state index contributed by atoms with van der Waals surface area (Å²) in [6.45, 7) is 7.16. The van der Waals surface area contributed by atoms with Crippen molar-refractivity contribution in [3.63, 3.8) is 0 Å². The number of esters is 1. The first-order chi connectivity index (χ1) is 9.67. The van der Waals surface area contributed by atoms with Crippen LogP contribution in [0.25, 0.3) is 10.9 Å². The van der Waals surface area contributed by atoms with E-state index in [-0.39, 0.29) is 0 Å². The molecular formula is C17H22N2O2. The van der Waals surface area contributed by atoms with E-state index in [0.29, 0.717) is 6.42 Å². The van der Waals surface area contributed by atoms with Gasteiger partial charge in [0.2, 0.25) is 0 Å². The minimum Gasteiger partial charge on any atom is -0.459 e. The molecule has 21 heavy (non-hydrogen) atoms. The van der Waals surface area contributed by atoms with Crippen molar-refractivity contribution in [2.45, 2.75) is 45.3 Å². The minimum atomic E-state index is -1.09. The van der Waals surface area contributed by atoms with Crippen LogP contribution in [-0.4, -0.2) is 22.1 Å². The normalized spacial score (nSPS) is 14.7. The van der Waals surface area contributed by atoms with Gasteiger partial charge in [-0.15, -0.1) is 0 Å². The van der Waals surface area contributed by atoms with Crippen LogP contribution in [0.15, 0.2) is 36.4 Å². The Morgan fingerprint density at radius 1 is 1.14 bits per heavy atom. The lowest BCUT2D eigenvalue weighted by atomic mass is 9.96. The molecule has 0 amide bonds. The van der Waals surface area contributed by atoms with E-state index in [2.05, 4.69) is 4.98 Å². The van der Waals surface area contributed by atoms with Gasteiger partial charge >= 0.3 is 5.97 Å². The average molecular weight is 286 g/mol. The Morgan fingerprint density at radius 3 is 2.48 bits per heavy atom. The maximum atomic E-state index is 12.2. The monoisotopic (exact) mass is 286 g/mol. The molecule has 1 atom stereocenters. The van der Waals surface area contributed by atoms with Crippen molar-refractivity contribution in [1.82, 2.24) is 4.98 Å². The first kappa shape index (κ1) is 15.4. The number of nitrogens with zero attached hydrogens (tertiary/aromatic N) is 1. The lowest BCUT2D eigenvalue weighted by Crippen LogP contribution is -2.50. The number of carbonyl (C=O) groups excluding carboxylic acids is 1. The first-order valence-corrected chi connectivity index (χ1v) is 7.04. The van der Waals surface area contributed by atoms with Crippen molar-refractivity contribution >= 4 is 16.9 Å². The fourth-order valence-electron chi connectivity index (χ4n) is 2.05. The van der Waals surface area contributed by atoms with Gasteiger partial charge in [-0.05, 0) is 39.8 Å². The highest BCUT2D eigenvalue weighted by Gasteiger charge is 2.33. The Morgan fingerprint density at radius 2 is 1.81 bits per heavy atom. The summed E-state index contributed by atoms with van der Waals surface area (Å²) in [6.07, 6.45) is 0.340. The summed E-state index contributed by atoms with van der Waals surface area (Å²) in [5.41, 5.74) is 6.17. The Hall–Kier alpha value is -1.94.